The average Bonchev–Trinajstić information content (AvgIpc) is 2.45. The third kappa shape index (κ3) is 3.34. The first-order chi connectivity index (χ1) is 10.1. The molecule has 1 fully saturated rings. The van der Waals surface area contributed by atoms with Crippen molar-refractivity contribution in [2.75, 3.05) is 6.54 Å². The van der Waals surface area contributed by atoms with Crippen LogP contribution in [0.2, 0.25) is 0 Å². The molecule has 1 aliphatic rings. The van der Waals surface area contributed by atoms with Crippen molar-refractivity contribution in [1.29, 1.82) is 0 Å². The number of hydrogen-bond donors (Lipinski definition) is 7. The van der Waals surface area contributed by atoms with Crippen LogP contribution < -0.4 is 11.1 Å². The Morgan fingerprint density at radius 3 is 2.41 bits per heavy atom. The van der Waals surface area contributed by atoms with Gasteiger partial charge >= 0.3 is 11.8 Å². The first-order valence-corrected chi connectivity index (χ1v) is 6.35. The van der Waals surface area contributed by atoms with Crippen LogP contribution in [0.1, 0.15) is 6.92 Å². The molecule has 1 aliphatic heterocycles. The first kappa shape index (κ1) is 18.7. The number of aliphatic hydroxyl groups is 4. The second-order valence-corrected chi connectivity index (χ2v) is 5.00. The van der Waals surface area contributed by atoms with Gasteiger partial charge in [0.1, 0.15) is 18.3 Å². The van der Waals surface area contributed by atoms with E-state index in [4.69, 9.17) is 10.8 Å². The predicted octanol–water partition coefficient (Wildman–Crippen LogP) is -3.96. The van der Waals surface area contributed by atoms with Crippen molar-refractivity contribution in [1.82, 2.24) is 5.32 Å². The third-order valence-electron chi connectivity index (χ3n) is 3.36. The van der Waals surface area contributed by atoms with Gasteiger partial charge in [0.05, 0.1) is 12.1 Å². The Labute approximate surface area is 124 Å². The molecule has 1 saturated heterocycles. The number of aliphatic carboxylic acids is 1. The summed E-state index contributed by atoms with van der Waals surface area (Å²) in [6.07, 6.45) is -10.3. The minimum absolute atomic E-state index is 0.464. The molecule has 10 nitrogen and oxygen atoms in total. The number of halogens is 1. The zero-order chi connectivity index (χ0) is 17.2. The van der Waals surface area contributed by atoms with Gasteiger partial charge in [0.25, 0.3) is 0 Å². The van der Waals surface area contributed by atoms with Crippen LogP contribution in [0.3, 0.4) is 0 Å². The highest BCUT2D eigenvalue weighted by atomic mass is 19.1. The Balaban J connectivity index is 3.19. The lowest BCUT2D eigenvalue weighted by molar-refractivity contribution is -0.319. The summed E-state index contributed by atoms with van der Waals surface area (Å²) in [5.74, 6) is -6.33. The molecule has 8 N–H and O–H groups in total. The molecule has 0 bridgehead atoms. The second kappa shape index (κ2) is 6.81. The summed E-state index contributed by atoms with van der Waals surface area (Å²) in [5, 5.41) is 49.9. The number of carboxylic acid groups (broad SMARTS) is 1. The number of amides is 1. The van der Waals surface area contributed by atoms with E-state index in [1.54, 1.807) is 0 Å². The summed E-state index contributed by atoms with van der Waals surface area (Å²) < 4.78 is 18.6. The van der Waals surface area contributed by atoms with E-state index in [0.717, 1.165) is 6.92 Å². The Bertz CT molecular complexity index is 438. The molecule has 0 saturated carbocycles. The molecular weight excluding hydrogens is 307 g/mol. The Morgan fingerprint density at radius 2 is 2.00 bits per heavy atom. The van der Waals surface area contributed by atoms with E-state index >= 15 is 0 Å². The monoisotopic (exact) mass is 326 g/mol. The number of nitrogens with two attached hydrogens (primary N) is 1. The van der Waals surface area contributed by atoms with Crippen molar-refractivity contribution in [2.45, 2.75) is 49.3 Å². The van der Waals surface area contributed by atoms with E-state index in [9.17, 15) is 34.4 Å². The number of carbonyl (C=O) groups excluding carboxylic acids is 1. The lowest BCUT2D eigenvalue weighted by Crippen LogP contribution is -2.72. The number of hydrogen-bond acceptors (Lipinski definition) is 8. The molecule has 0 aliphatic carbocycles. The molecule has 0 radical (unpaired) electrons. The minimum atomic E-state index is -3.45. The molecule has 1 rings (SSSR count). The van der Waals surface area contributed by atoms with Crippen LogP contribution in [0.15, 0.2) is 0 Å². The SMILES string of the molecule is CC(=O)N[C@H]1C([C@H](O)[C@H](O)CN)OC(O)(C(=O)O)C(F)[C@H]1O. The van der Waals surface area contributed by atoms with Gasteiger partial charge in [-0.3, -0.25) is 4.79 Å². The van der Waals surface area contributed by atoms with Gasteiger partial charge in [0, 0.05) is 13.5 Å². The number of nitrogens with one attached hydrogen (secondary N) is 1. The van der Waals surface area contributed by atoms with Gasteiger partial charge in [-0.15, -0.1) is 0 Å². The van der Waals surface area contributed by atoms with E-state index in [0.29, 0.717) is 0 Å². The Morgan fingerprint density at radius 1 is 1.45 bits per heavy atom. The molecule has 1 heterocycles. The lowest BCUT2D eigenvalue weighted by Gasteiger charge is -2.46. The topological polar surface area (TPSA) is 183 Å². The van der Waals surface area contributed by atoms with Gasteiger partial charge in [0.15, 0.2) is 6.17 Å². The maximum Gasteiger partial charge on any atom is 0.367 e. The zero-order valence-electron chi connectivity index (χ0n) is 11.6. The lowest BCUT2D eigenvalue weighted by atomic mass is 9.87. The quantitative estimate of drug-likeness (QED) is 0.265. The molecule has 128 valence electrons. The third-order valence-corrected chi connectivity index (χ3v) is 3.36. The highest BCUT2D eigenvalue weighted by molar-refractivity contribution is 5.77. The van der Waals surface area contributed by atoms with E-state index in [1.807, 2.05) is 0 Å². The summed E-state index contributed by atoms with van der Waals surface area (Å²) in [7, 11) is 0. The maximum absolute atomic E-state index is 14.0. The summed E-state index contributed by atoms with van der Waals surface area (Å²) in [4.78, 5) is 22.1. The normalized spacial score (nSPS) is 38.1. The van der Waals surface area contributed by atoms with Crippen LogP contribution in [0.4, 0.5) is 4.39 Å². The largest absolute Gasteiger partial charge is 0.477 e. The van der Waals surface area contributed by atoms with Crippen LogP contribution >= 0.6 is 0 Å². The highest BCUT2D eigenvalue weighted by Crippen LogP contribution is 2.32. The number of alkyl halides is 1. The summed E-state index contributed by atoms with van der Waals surface area (Å²) >= 11 is 0. The number of ether oxygens (including phenoxy) is 1. The van der Waals surface area contributed by atoms with Crippen molar-refractivity contribution in [3.05, 3.63) is 0 Å². The molecule has 0 aromatic heterocycles. The molecule has 0 spiro atoms. The fraction of sp³-hybridized carbons (Fsp3) is 0.818. The first-order valence-electron chi connectivity index (χ1n) is 6.35. The van der Waals surface area contributed by atoms with Crippen LogP contribution in [-0.4, -0.2) is 86.4 Å². The van der Waals surface area contributed by atoms with Crippen molar-refractivity contribution >= 4 is 11.9 Å². The molecule has 7 atom stereocenters. The Hall–Kier alpha value is -1.37. The van der Waals surface area contributed by atoms with Crippen LogP contribution in [0.25, 0.3) is 0 Å². The number of carboxylic acids is 1. The van der Waals surface area contributed by atoms with E-state index in [2.05, 4.69) is 10.1 Å². The van der Waals surface area contributed by atoms with Gasteiger partial charge in [-0.1, -0.05) is 0 Å². The molecule has 1 amide bonds. The molecule has 0 aromatic rings. The number of rotatable bonds is 5. The van der Waals surface area contributed by atoms with Gasteiger partial charge in [-0.25, -0.2) is 9.18 Å². The van der Waals surface area contributed by atoms with Crippen LogP contribution in [0.5, 0.6) is 0 Å². The van der Waals surface area contributed by atoms with E-state index in [1.165, 1.54) is 0 Å². The number of aliphatic hydroxyl groups excluding tert-OH is 3. The molecule has 0 aromatic carbocycles. The average molecular weight is 326 g/mol. The van der Waals surface area contributed by atoms with Gasteiger partial charge in [-0.2, -0.15) is 0 Å². The van der Waals surface area contributed by atoms with Crippen molar-refractivity contribution < 1.29 is 44.2 Å². The van der Waals surface area contributed by atoms with Crippen molar-refractivity contribution in [3.8, 4) is 0 Å². The maximum atomic E-state index is 14.0. The fourth-order valence-electron chi connectivity index (χ4n) is 2.16. The number of carbonyl (C=O) groups is 2. The van der Waals surface area contributed by atoms with Crippen LogP contribution in [0, 0.1) is 0 Å². The predicted molar refractivity (Wildman–Crippen MR) is 67.0 cm³/mol. The van der Waals surface area contributed by atoms with Gasteiger partial charge in [-0.05, 0) is 0 Å². The highest BCUT2D eigenvalue weighted by Gasteiger charge is 2.61. The standard InChI is InChI=1S/C11H19FN2O8/c1-3(15)14-5-7(18)9(12)11(21,10(19)20)22-8(5)6(17)4(16)2-13/h4-9,16-18,21H,2,13H2,1H3,(H,14,15)(H,19,20)/t4-,5-,6-,7+,8?,9?,11?/m1/s1. The van der Waals surface area contributed by atoms with Gasteiger partial charge < -0.3 is 41.3 Å². The van der Waals surface area contributed by atoms with E-state index < -0.39 is 60.8 Å². The minimum Gasteiger partial charge on any atom is -0.477 e. The fourth-order valence-corrected chi connectivity index (χ4v) is 2.16. The summed E-state index contributed by atoms with van der Waals surface area (Å²) in [6.45, 7) is 0.565. The van der Waals surface area contributed by atoms with Crippen molar-refractivity contribution in [2.24, 2.45) is 5.73 Å². The molecule has 11 heteroatoms. The summed E-state index contributed by atoms with van der Waals surface area (Å²) in [5.41, 5.74) is 5.15. The smallest absolute Gasteiger partial charge is 0.367 e. The second-order valence-electron chi connectivity index (χ2n) is 5.00. The molecular formula is C11H19FN2O8. The summed E-state index contributed by atoms with van der Waals surface area (Å²) in [6, 6.07) is -1.61. The molecule has 22 heavy (non-hydrogen) atoms. The molecule has 3 unspecified atom stereocenters. The zero-order valence-corrected chi connectivity index (χ0v) is 11.6. The van der Waals surface area contributed by atoms with E-state index in [-0.39, 0.29) is 0 Å². The van der Waals surface area contributed by atoms with Gasteiger partial charge in [0.2, 0.25) is 5.91 Å². The van der Waals surface area contributed by atoms with Crippen LogP contribution in [-0.2, 0) is 14.3 Å². The van der Waals surface area contributed by atoms with Crippen molar-refractivity contribution in [3.63, 3.8) is 0 Å². The Kier molecular flexibility index (Phi) is 5.78.